The van der Waals surface area contributed by atoms with Crippen LogP contribution in [-0.2, 0) is 0 Å². The van der Waals surface area contributed by atoms with E-state index in [-0.39, 0.29) is 17.6 Å². The minimum Gasteiger partial charge on any atom is -0.459 e. The lowest BCUT2D eigenvalue weighted by Crippen LogP contribution is -2.11. The minimum absolute atomic E-state index is 0.204. The van der Waals surface area contributed by atoms with Gasteiger partial charge >= 0.3 is 0 Å². The highest BCUT2D eigenvalue weighted by molar-refractivity contribution is 7.21. The van der Waals surface area contributed by atoms with Gasteiger partial charge in [-0.3, -0.25) is 14.9 Å². The molecule has 4 rings (SSSR count). The van der Waals surface area contributed by atoms with Crippen molar-refractivity contribution in [1.82, 2.24) is 4.98 Å². The molecule has 0 aliphatic carbocycles. The van der Waals surface area contributed by atoms with Crippen molar-refractivity contribution in [2.24, 2.45) is 0 Å². The molecule has 0 fully saturated rings. The highest BCUT2D eigenvalue weighted by atomic mass is 32.1. The fourth-order valence-corrected chi connectivity index (χ4v) is 4.02. The number of hydrogen-bond donors (Lipinski definition) is 2. The number of rotatable bonds is 5. The molecule has 134 valence electrons. The number of amides is 2. The second-order valence-corrected chi connectivity index (χ2v) is 7.37. The number of benzene rings is 1. The van der Waals surface area contributed by atoms with E-state index in [1.807, 2.05) is 23.6 Å². The van der Waals surface area contributed by atoms with Crippen LogP contribution in [0.25, 0.3) is 10.6 Å². The highest BCUT2D eigenvalue weighted by Crippen LogP contribution is 2.38. The number of hydrogen-bond acceptors (Lipinski definition) is 6. The summed E-state index contributed by atoms with van der Waals surface area (Å²) in [7, 11) is 0. The van der Waals surface area contributed by atoms with E-state index in [9.17, 15) is 9.59 Å². The third-order valence-electron chi connectivity index (χ3n) is 3.61. The Morgan fingerprint density at radius 1 is 0.926 bits per heavy atom. The van der Waals surface area contributed by atoms with Crippen LogP contribution in [0.1, 0.15) is 20.9 Å². The van der Waals surface area contributed by atoms with E-state index in [0.29, 0.717) is 21.4 Å². The zero-order valence-electron chi connectivity index (χ0n) is 13.8. The van der Waals surface area contributed by atoms with Crippen LogP contribution in [0.15, 0.2) is 70.7 Å². The molecular weight excluding hydrogens is 382 g/mol. The van der Waals surface area contributed by atoms with Gasteiger partial charge in [-0.05, 0) is 35.7 Å². The van der Waals surface area contributed by atoms with Crippen LogP contribution in [0, 0.1) is 0 Å². The predicted octanol–water partition coefficient (Wildman–Crippen LogP) is 4.97. The van der Waals surface area contributed by atoms with Gasteiger partial charge in [0.25, 0.3) is 11.8 Å². The Hall–Kier alpha value is -3.23. The van der Waals surface area contributed by atoms with Crippen molar-refractivity contribution in [2.45, 2.75) is 0 Å². The number of nitrogens with zero attached hydrogens (tertiary/aromatic N) is 1. The van der Waals surface area contributed by atoms with Crippen LogP contribution < -0.4 is 10.6 Å². The van der Waals surface area contributed by atoms with Gasteiger partial charge in [0.1, 0.15) is 10.7 Å². The molecule has 0 spiro atoms. The summed E-state index contributed by atoms with van der Waals surface area (Å²) in [6.07, 6.45) is 1.44. The Labute approximate surface area is 162 Å². The van der Waals surface area contributed by atoms with Crippen molar-refractivity contribution < 1.29 is 14.0 Å². The van der Waals surface area contributed by atoms with E-state index in [2.05, 4.69) is 15.6 Å². The second kappa shape index (κ2) is 7.56. The molecule has 0 aliphatic rings. The minimum atomic E-state index is -0.373. The lowest BCUT2D eigenvalue weighted by atomic mass is 10.2. The van der Waals surface area contributed by atoms with E-state index in [0.717, 1.165) is 4.88 Å². The smallest absolute Gasteiger partial charge is 0.292 e. The third kappa shape index (κ3) is 3.81. The maximum absolute atomic E-state index is 12.4. The Morgan fingerprint density at radius 3 is 2.48 bits per heavy atom. The summed E-state index contributed by atoms with van der Waals surface area (Å²) >= 11 is 2.70. The molecule has 0 aliphatic heterocycles. The van der Waals surface area contributed by atoms with Gasteiger partial charge < -0.3 is 9.73 Å². The molecular formula is C19H13N3O3S2. The van der Waals surface area contributed by atoms with E-state index >= 15 is 0 Å². The molecule has 1 aromatic carbocycles. The van der Waals surface area contributed by atoms with Gasteiger partial charge in [-0.1, -0.05) is 35.6 Å². The van der Waals surface area contributed by atoms with Gasteiger partial charge in [-0.25, -0.2) is 4.98 Å². The highest BCUT2D eigenvalue weighted by Gasteiger charge is 2.19. The Bertz CT molecular complexity index is 1060. The molecule has 0 atom stereocenters. The third-order valence-corrected chi connectivity index (χ3v) is 5.37. The average molecular weight is 395 g/mol. The lowest BCUT2D eigenvalue weighted by Gasteiger charge is -2.01. The number of anilines is 2. The maximum Gasteiger partial charge on any atom is 0.292 e. The largest absolute Gasteiger partial charge is 0.459 e. The molecule has 0 saturated heterocycles. The number of carbonyl (C=O) groups is 2. The predicted molar refractivity (Wildman–Crippen MR) is 106 cm³/mol. The topological polar surface area (TPSA) is 84.2 Å². The van der Waals surface area contributed by atoms with Crippen molar-refractivity contribution in [3.05, 3.63) is 77.6 Å². The summed E-state index contributed by atoms with van der Waals surface area (Å²) < 4.78 is 5.13. The van der Waals surface area contributed by atoms with Crippen molar-refractivity contribution in [3.63, 3.8) is 0 Å². The molecule has 0 bridgehead atoms. The molecule has 3 aromatic heterocycles. The van der Waals surface area contributed by atoms with Gasteiger partial charge in [0.05, 0.1) is 11.1 Å². The molecule has 6 nitrogen and oxygen atoms in total. The van der Waals surface area contributed by atoms with Gasteiger partial charge in [0.15, 0.2) is 10.9 Å². The van der Waals surface area contributed by atoms with Gasteiger partial charge in [0.2, 0.25) is 0 Å². The lowest BCUT2D eigenvalue weighted by molar-refractivity contribution is 0.0995. The van der Waals surface area contributed by atoms with Crippen LogP contribution in [0.2, 0.25) is 0 Å². The Balaban J connectivity index is 1.62. The standard InChI is InChI=1S/C19H13N3O3S2/c23-16(12-6-2-1-3-7-12)22-19-20-15(14-9-5-11-26-14)18(27-19)21-17(24)13-8-4-10-25-13/h1-11H,(H,21,24)(H,20,22,23). The van der Waals surface area contributed by atoms with E-state index in [1.54, 1.807) is 36.4 Å². The first-order valence-electron chi connectivity index (χ1n) is 7.96. The number of furan rings is 1. The van der Waals surface area contributed by atoms with Crippen molar-refractivity contribution in [1.29, 1.82) is 0 Å². The van der Waals surface area contributed by atoms with Crippen molar-refractivity contribution >= 4 is 44.6 Å². The van der Waals surface area contributed by atoms with Gasteiger partial charge in [-0.15, -0.1) is 11.3 Å². The summed E-state index contributed by atoms with van der Waals surface area (Å²) in [5.74, 6) is -0.427. The quantitative estimate of drug-likeness (QED) is 0.500. The summed E-state index contributed by atoms with van der Waals surface area (Å²) in [5, 5.41) is 8.47. The second-order valence-electron chi connectivity index (χ2n) is 5.43. The molecule has 4 aromatic rings. The van der Waals surface area contributed by atoms with E-state index in [4.69, 9.17) is 4.42 Å². The zero-order chi connectivity index (χ0) is 18.6. The first-order valence-corrected chi connectivity index (χ1v) is 9.66. The summed E-state index contributed by atoms with van der Waals surface area (Å²) in [6.45, 7) is 0. The average Bonchev–Trinajstić information content (AvgIpc) is 3.44. The number of nitrogens with one attached hydrogen (secondary N) is 2. The first-order chi connectivity index (χ1) is 13.2. The fraction of sp³-hybridized carbons (Fsp3) is 0. The normalized spacial score (nSPS) is 10.5. The molecule has 0 saturated carbocycles. The summed E-state index contributed by atoms with van der Waals surface area (Å²) in [6, 6.07) is 15.9. The van der Waals surface area contributed by atoms with E-state index < -0.39 is 0 Å². The molecule has 2 amide bonds. The molecule has 0 unspecified atom stereocenters. The number of carbonyl (C=O) groups excluding carboxylic acids is 2. The maximum atomic E-state index is 12.4. The Morgan fingerprint density at radius 2 is 1.78 bits per heavy atom. The number of thiophene rings is 1. The summed E-state index contributed by atoms with van der Waals surface area (Å²) in [4.78, 5) is 30.1. The van der Waals surface area contributed by atoms with Gasteiger partial charge in [-0.2, -0.15) is 0 Å². The van der Waals surface area contributed by atoms with Crippen LogP contribution in [0.4, 0.5) is 10.1 Å². The van der Waals surface area contributed by atoms with Crippen LogP contribution in [0.5, 0.6) is 0 Å². The molecule has 8 heteroatoms. The summed E-state index contributed by atoms with van der Waals surface area (Å²) in [5.41, 5.74) is 1.14. The van der Waals surface area contributed by atoms with E-state index in [1.165, 1.54) is 28.9 Å². The molecule has 3 heterocycles. The first kappa shape index (κ1) is 17.2. The number of thiazole rings is 1. The SMILES string of the molecule is O=C(Nc1nc(-c2cccs2)c(NC(=O)c2ccco2)s1)c1ccccc1. The Kier molecular flexibility index (Phi) is 4.82. The van der Waals surface area contributed by atoms with Crippen LogP contribution in [-0.4, -0.2) is 16.8 Å². The van der Waals surface area contributed by atoms with Gasteiger partial charge in [0, 0.05) is 5.56 Å². The molecule has 2 N–H and O–H groups in total. The van der Waals surface area contributed by atoms with Crippen molar-refractivity contribution in [2.75, 3.05) is 10.6 Å². The molecule has 27 heavy (non-hydrogen) atoms. The van der Waals surface area contributed by atoms with Crippen LogP contribution in [0.3, 0.4) is 0 Å². The van der Waals surface area contributed by atoms with Crippen LogP contribution >= 0.6 is 22.7 Å². The molecule has 0 radical (unpaired) electrons. The van der Waals surface area contributed by atoms with Crippen molar-refractivity contribution in [3.8, 4) is 10.6 Å². The fourth-order valence-electron chi connectivity index (χ4n) is 2.37. The number of aromatic nitrogens is 1. The zero-order valence-corrected chi connectivity index (χ0v) is 15.5. The monoisotopic (exact) mass is 395 g/mol.